The lowest BCUT2D eigenvalue weighted by Crippen LogP contribution is -2.01. The number of nitrogens with zero attached hydrogens (tertiary/aromatic N) is 2. The van der Waals surface area contributed by atoms with E-state index in [0.717, 1.165) is 20.5 Å². The molecule has 3 aromatic rings. The maximum atomic E-state index is 13.2. The van der Waals surface area contributed by atoms with Crippen LogP contribution in [0.25, 0.3) is 11.4 Å². The first-order chi connectivity index (χ1) is 10.1. The molecule has 0 spiro atoms. The van der Waals surface area contributed by atoms with Gasteiger partial charge >= 0.3 is 0 Å². The number of rotatable bonds is 3. The predicted octanol–water partition coefficient (Wildman–Crippen LogP) is 5.00. The number of benzene rings is 2. The van der Waals surface area contributed by atoms with Gasteiger partial charge in [-0.05, 0) is 52.4 Å². The van der Waals surface area contributed by atoms with E-state index < -0.39 is 5.82 Å². The normalized spacial score (nSPS) is 10.8. The Kier molecular flexibility index (Phi) is 4.26. The molecular weight excluding hydrogens is 402 g/mol. The van der Waals surface area contributed by atoms with Gasteiger partial charge in [0, 0.05) is 28.1 Å². The average molecular weight is 413 g/mol. The molecule has 0 aliphatic carbocycles. The fourth-order valence-electron chi connectivity index (χ4n) is 2.16. The summed E-state index contributed by atoms with van der Waals surface area (Å²) in [5.41, 5.74) is 1.99. The van der Waals surface area contributed by atoms with Crippen molar-refractivity contribution in [3.63, 3.8) is 0 Å². The van der Waals surface area contributed by atoms with Crippen molar-refractivity contribution in [3.8, 4) is 11.4 Å². The van der Waals surface area contributed by atoms with E-state index in [2.05, 4.69) is 33.6 Å². The lowest BCUT2D eigenvalue weighted by atomic mass is 10.2. The predicted molar refractivity (Wildman–Crippen MR) is 90.9 cm³/mol. The van der Waals surface area contributed by atoms with E-state index in [0.29, 0.717) is 6.54 Å². The van der Waals surface area contributed by atoms with Crippen LogP contribution in [0.4, 0.5) is 4.39 Å². The third-order valence-corrected chi connectivity index (χ3v) is 4.10. The molecule has 0 atom stereocenters. The van der Waals surface area contributed by atoms with E-state index >= 15 is 0 Å². The van der Waals surface area contributed by atoms with E-state index in [4.69, 9.17) is 11.6 Å². The van der Waals surface area contributed by atoms with Gasteiger partial charge in [0.2, 0.25) is 0 Å². The third kappa shape index (κ3) is 3.27. The zero-order chi connectivity index (χ0) is 14.8. The molecule has 0 unspecified atom stereocenters. The van der Waals surface area contributed by atoms with Crippen molar-refractivity contribution < 1.29 is 4.39 Å². The SMILES string of the molecule is Fc1ccc(Cn2ccnc2-c2cccc(I)c2)cc1Cl. The second kappa shape index (κ2) is 6.15. The summed E-state index contributed by atoms with van der Waals surface area (Å²) < 4.78 is 16.4. The van der Waals surface area contributed by atoms with Crippen molar-refractivity contribution in [1.82, 2.24) is 9.55 Å². The number of halogens is 3. The zero-order valence-electron chi connectivity index (χ0n) is 10.9. The van der Waals surface area contributed by atoms with Gasteiger partial charge in [0.05, 0.1) is 5.02 Å². The van der Waals surface area contributed by atoms with Gasteiger partial charge in [-0.1, -0.05) is 29.8 Å². The Morgan fingerprint density at radius 3 is 2.81 bits per heavy atom. The average Bonchev–Trinajstić information content (AvgIpc) is 2.91. The van der Waals surface area contributed by atoms with Crippen LogP contribution in [0.15, 0.2) is 54.9 Å². The Morgan fingerprint density at radius 1 is 1.19 bits per heavy atom. The monoisotopic (exact) mass is 412 g/mol. The Labute approximate surface area is 140 Å². The molecule has 0 amide bonds. The molecule has 3 rings (SSSR count). The van der Waals surface area contributed by atoms with E-state index in [1.165, 1.54) is 6.07 Å². The topological polar surface area (TPSA) is 17.8 Å². The van der Waals surface area contributed by atoms with Gasteiger partial charge in [-0.15, -0.1) is 0 Å². The number of hydrogen-bond donors (Lipinski definition) is 0. The standard InChI is InChI=1S/C16H11ClFIN2/c17-14-8-11(4-5-15(14)18)10-21-7-6-20-16(21)12-2-1-3-13(19)9-12/h1-9H,10H2. The maximum absolute atomic E-state index is 13.2. The van der Waals surface area contributed by atoms with Gasteiger partial charge in [0.25, 0.3) is 0 Å². The lowest BCUT2D eigenvalue weighted by Gasteiger charge is -2.09. The molecule has 0 N–H and O–H groups in total. The van der Waals surface area contributed by atoms with E-state index in [9.17, 15) is 4.39 Å². The molecule has 21 heavy (non-hydrogen) atoms. The third-order valence-electron chi connectivity index (χ3n) is 3.14. The Balaban J connectivity index is 1.94. The molecule has 0 radical (unpaired) electrons. The summed E-state index contributed by atoms with van der Waals surface area (Å²) in [6.07, 6.45) is 3.67. The molecule has 1 heterocycles. The molecule has 0 aliphatic rings. The highest BCUT2D eigenvalue weighted by Gasteiger charge is 2.08. The maximum Gasteiger partial charge on any atom is 0.141 e. The van der Waals surface area contributed by atoms with Crippen molar-refractivity contribution in [2.45, 2.75) is 6.54 Å². The lowest BCUT2D eigenvalue weighted by molar-refractivity contribution is 0.627. The minimum absolute atomic E-state index is 0.142. The van der Waals surface area contributed by atoms with Gasteiger partial charge in [0.15, 0.2) is 0 Å². The largest absolute Gasteiger partial charge is 0.327 e. The fourth-order valence-corrected chi connectivity index (χ4v) is 2.91. The quantitative estimate of drug-likeness (QED) is 0.554. The van der Waals surface area contributed by atoms with E-state index in [-0.39, 0.29) is 5.02 Å². The summed E-state index contributed by atoms with van der Waals surface area (Å²) in [6, 6.07) is 12.9. The van der Waals surface area contributed by atoms with Crippen LogP contribution in [0.1, 0.15) is 5.56 Å². The highest BCUT2D eigenvalue weighted by Crippen LogP contribution is 2.22. The summed E-state index contributed by atoms with van der Waals surface area (Å²) in [7, 11) is 0. The van der Waals surface area contributed by atoms with Crippen molar-refractivity contribution in [2.24, 2.45) is 0 Å². The first-order valence-corrected chi connectivity index (χ1v) is 7.80. The summed E-state index contributed by atoms with van der Waals surface area (Å²) >= 11 is 8.11. The second-order valence-corrected chi connectivity index (χ2v) is 6.29. The van der Waals surface area contributed by atoms with Crippen LogP contribution in [0, 0.1) is 9.39 Å². The number of aromatic nitrogens is 2. The molecule has 106 valence electrons. The van der Waals surface area contributed by atoms with Crippen LogP contribution in [0.3, 0.4) is 0 Å². The van der Waals surface area contributed by atoms with Crippen LogP contribution < -0.4 is 0 Å². The van der Waals surface area contributed by atoms with Crippen LogP contribution in [-0.4, -0.2) is 9.55 Å². The minimum atomic E-state index is -0.399. The van der Waals surface area contributed by atoms with Crippen molar-refractivity contribution in [2.75, 3.05) is 0 Å². The van der Waals surface area contributed by atoms with Gasteiger partial charge < -0.3 is 4.57 Å². The molecule has 0 bridgehead atoms. The molecule has 5 heteroatoms. The zero-order valence-corrected chi connectivity index (χ0v) is 13.8. The van der Waals surface area contributed by atoms with Crippen LogP contribution in [-0.2, 0) is 6.54 Å². The first-order valence-electron chi connectivity index (χ1n) is 6.34. The van der Waals surface area contributed by atoms with Gasteiger partial charge in [0.1, 0.15) is 11.6 Å². The highest BCUT2D eigenvalue weighted by atomic mass is 127. The van der Waals surface area contributed by atoms with Gasteiger partial charge in [-0.3, -0.25) is 0 Å². The summed E-state index contributed by atoms with van der Waals surface area (Å²) in [6.45, 7) is 0.598. The second-order valence-electron chi connectivity index (χ2n) is 4.64. The Bertz CT molecular complexity index is 785. The molecule has 2 aromatic carbocycles. The molecule has 0 saturated heterocycles. The van der Waals surface area contributed by atoms with Crippen molar-refractivity contribution in [1.29, 1.82) is 0 Å². The minimum Gasteiger partial charge on any atom is -0.327 e. The summed E-state index contributed by atoms with van der Waals surface area (Å²) in [4.78, 5) is 4.42. The molecule has 1 aromatic heterocycles. The van der Waals surface area contributed by atoms with Crippen LogP contribution in [0.5, 0.6) is 0 Å². The highest BCUT2D eigenvalue weighted by molar-refractivity contribution is 14.1. The van der Waals surface area contributed by atoms with E-state index in [1.54, 1.807) is 18.3 Å². The van der Waals surface area contributed by atoms with Crippen molar-refractivity contribution in [3.05, 3.63) is 74.8 Å². The van der Waals surface area contributed by atoms with Gasteiger partial charge in [-0.25, -0.2) is 9.37 Å². The summed E-state index contributed by atoms with van der Waals surface area (Å²) in [5.74, 6) is 0.484. The fraction of sp³-hybridized carbons (Fsp3) is 0.0625. The molecule has 0 aliphatic heterocycles. The molecule has 2 nitrogen and oxygen atoms in total. The number of imidazole rings is 1. The van der Waals surface area contributed by atoms with Crippen molar-refractivity contribution >= 4 is 34.2 Å². The van der Waals surface area contributed by atoms with E-state index in [1.807, 2.05) is 29.0 Å². The summed E-state index contributed by atoms with van der Waals surface area (Å²) in [5, 5.41) is 0.142. The number of hydrogen-bond acceptors (Lipinski definition) is 1. The molecule has 0 fully saturated rings. The van der Waals surface area contributed by atoms with Crippen LogP contribution in [0.2, 0.25) is 5.02 Å². The Morgan fingerprint density at radius 2 is 2.05 bits per heavy atom. The van der Waals surface area contributed by atoms with Crippen LogP contribution >= 0.6 is 34.2 Å². The first kappa shape index (κ1) is 14.5. The molecular formula is C16H11ClFIN2. The van der Waals surface area contributed by atoms with Gasteiger partial charge in [-0.2, -0.15) is 0 Å². The molecule has 0 saturated carbocycles. The smallest absolute Gasteiger partial charge is 0.141 e. The Hall–Kier alpha value is -1.40.